The molecule has 0 spiro atoms. The fourth-order valence-electron chi connectivity index (χ4n) is 3.24. The first-order chi connectivity index (χ1) is 10.1. The van der Waals surface area contributed by atoms with Gasteiger partial charge in [-0.3, -0.25) is 0 Å². The molecule has 2 aromatic rings. The fraction of sp³-hybridized carbons (Fsp3) is 0.444. The standard InChI is InChI=1S/C18H21N3/c1-18(2)10-6-5-9-16(18)21-17-14(12-19)11-13-7-3-4-8-15(13)20-17/h3-4,7-8,11,16H,5-6,9-10H2,1-2H3,(H,20,21)/t16-/m0/s1. The van der Waals surface area contributed by atoms with E-state index in [0.29, 0.717) is 11.6 Å². The van der Waals surface area contributed by atoms with Crippen LogP contribution in [0.5, 0.6) is 0 Å². The van der Waals surface area contributed by atoms with E-state index in [-0.39, 0.29) is 5.41 Å². The largest absolute Gasteiger partial charge is 0.366 e. The van der Waals surface area contributed by atoms with Crippen molar-refractivity contribution in [2.75, 3.05) is 5.32 Å². The number of nitrogens with one attached hydrogen (secondary N) is 1. The van der Waals surface area contributed by atoms with Gasteiger partial charge in [0, 0.05) is 11.4 Å². The first-order valence-corrected chi connectivity index (χ1v) is 7.66. The number of anilines is 1. The monoisotopic (exact) mass is 279 g/mol. The molecular formula is C18H21N3. The van der Waals surface area contributed by atoms with Crippen molar-refractivity contribution in [3.63, 3.8) is 0 Å². The van der Waals surface area contributed by atoms with Crippen LogP contribution in [0.15, 0.2) is 30.3 Å². The van der Waals surface area contributed by atoms with Crippen molar-refractivity contribution >= 4 is 16.7 Å². The van der Waals surface area contributed by atoms with Gasteiger partial charge in [0.15, 0.2) is 0 Å². The second kappa shape index (κ2) is 5.37. The number of para-hydroxylation sites is 1. The summed E-state index contributed by atoms with van der Waals surface area (Å²) < 4.78 is 0. The van der Waals surface area contributed by atoms with Crippen LogP contribution in [0.1, 0.15) is 45.1 Å². The summed E-state index contributed by atoms with van der Waals surface area (Å²) in [5.74, 6) is 0.733. The van der Waals surface area contributed by atoms with E-state index in [0.717, 1.165) is 23.1 Å². The number of benzene rings is 1. The number of rotatable bonds is 2. The van der Waals surface area contributed by atoms with Gasteiger partial charge in [-0.2, -0.15) is 5.26 Å². The number of aromatic nitrogens is 1. The van der Waals surface area contributed by atoms with Crippen molar-refractivity contribution in [2.24, 2.45) is 5.41 Å². The molecule has 1 atom stereocenters. The molecule has 1 aromatic heterocycles. The molecule has 0 amide bonds. The summed E-state index contributed by atoms with van der Waals surface area (Å²) in [5.41, 5.74) is 1.82. The summed E-state index contributed by atoms with van der Waals surface area (Å²) in [6, 6.07) is 12.5. The van der Waals surface area contributed by atoms with Gasteiger partial charge in [-0.05, 0) is 30.4 Å². The van der Waals surface area contributed by atoms with Crippen molar-refractivity contribution < 1.29 is 0 Å². The molecule has 1 fully saturated rings. The number of nitriles is 1. The fourth-order valence-corrected chi connectivity index (χ4v) is 3.24. The Bertz CT molecular complexity index is 697. The van der Waals surface area contributed by atoms with E-state index < -0.39 is 0 Å². The van der Waals surface area contributed by atoms with E-state index in [2.05, 4.69) is 30.2 Å². The van der Waals surface area contributed by atoms with Gasteiger partial charge in [-0.15, -0.1) is 0 Å². The van der Waals surface area contributed by atoms with Crippen molar-refractivity contribution in [3.05, 3.63) is 35.9 Å². The summed E-state index contributed by atoms with van der Waals surface area (Å²) >= 11 is 0. The van der Waals surface area contributed by atoms with E-state index >= 15 is 0 Å². The zero-order valence-electron chi connectivity index (χ0n) is 12.7. The lowest BCUT2D eigenvalue weighted by Crippen LogP contribution is -2.39. The Morgan fingerprint density at radius 3 is 2.86 bits per heavy atom. The molecule has 0 saturated heterocycles. The summed E-state index contributed by atoms with van der Waals surface area (Å²) in [7, 11) is 0. The molecule has 0 aliphatic heterocycles. The summed E-state index contributed by atoms with van der Waals surface area (Å²) in [6.45, 7) is 4.61. The molecule has 21 heavy (non-hydrogen) atoms. The van der Waals surface area contributed by atoms with Crippen LogP contribution < -0.4 is 5.32 Å². The van der Waals surface area contributed by atoms with Gasteiger partial charge < -0.3 is 5.32 Å². The van der Waals surface area contributed by atoms with Crippen LogP contribution in [0.3, 0.4) is 0 Å². The first-order valence-electron chi connectivity index (χ1n) is 7.66. The number of pyridine rings is 1. The third kappa shape index (κ3) is 2.71. The van der Waals surface area contributed by atoms with Gasteiger partial charge >= 0.3 is 0 Å². The molecule has 3 nitrogen and oxygen atoms in total. The van der Waals surface area contributed by atoms with Gasteiger partial charge in [0.1, 0.15) is 11.9 Å². The molecule has 1 aliphatic rings. The summed E-state index contributed by atoms with van der Waals surface area (Å²) in [5, 5.41) is 14.0. The first kappa shape index (κ1) is 13.9. The van der Waals surface area contributed by atoms with Crippen molar-refractivity contribution in [1.82, 2.24) is 4.98 Å². The summed E-state index contributed by atoms with van der Waals surface area (Å²) in [6.07, 6.45) is 4.91. The lowest BCUT2D eigenvalue weighted by Gasteiger charge is -2.39. The number of nitrogens with zero attached hydrogens (tertiary/aromatic N) is 2. The Hall–Kier alpha value is -2.08. The molecule has 1 N–H and O–H groups in total. The van der Waals surface area contributed by atoms with Crippen molar-refractivity contribution in [2.45, 2.75) is 45.6 Å². The van der Waals surface area contributed by atoms with Gasteiger partial charge in [0.25, 0.3) is 0 Å². The second-order valence-electron chi connectivity index (χ2n) is 6.62. The minimum Gasteiger partial charge on any atom is -0.366 e. The highest BCUT2D eigenvalue weighted by atomic mass is 15.0. The molecule has 0 bridgehead atoms. The zero-order chi connectivity index (χ0) is 14.9. The quantitative estimate of drug-likeness (QED) is 0.881. The molecule has 0 radical (unpaired) electrons. The van der Waals surface area contributed by atoms with Crippen LogP contribution in [0.2, 0.25) is 0 Å². The Balaban J connectivity index is 1.98. The van der Waals surface area contributed by atoms with Crippen LogP contribution in [-0.4, -0.2) is 11.0 Å². The highest BCUT2D eigenvalue weighted by molar-refractivity contribution is 5.82. The topological polar surface area (TPSA) is 48.7 Å². The normalized spacial score (nSPS) is 20.9. The van der Waals surface area contributed by atoms with Crippen LogP contribution in [0.4, 0.5) is 5.82 Å². The third-order valence-corrected chi connectivity index (χ3v) is 4.66. The number of hydrogen-bond acceptors (Lipinski definition) is 3. The highest BCUT2D eigenvalue weighted by Gasteiger charge is 2.32. The minimum absolute atomic E-state index is 0.248. The molecular weight excluding hydrogens is 258 g/mol. The van der Waals surface area contributed by atoms with Crippen molar-refractivity contribution in [1.29, 1.82) is 5.26 Å². The molecule has 0 unspecified atom stereocenters. The maximum absolute atomic E-state index is 9.41. The van der Waals surface area contributed by atoms with E-state index in [4.69, 9.17) is 0 Å². The van der Waals surface area contributed by atoms with Crippen LogP contribution >= 0.6 is 0 Å². The summed E-state index contributed by atoms with van der Waals surface area (Å²) in [4.78, 5) is 4.67. The third-order valence-electron chi connectivity index (χ3n) is 4.66. The number of hydrogen-bond donors (Lipinski definition) is 1. The Morgan fingerprint density at radius 1 is 1.29 bits per heavy atom. The molecule has 108 valence electrons. The Morgan fingerprint density at radius 2 is 2.10 bits per heavy atom. The van der Waals surface area contributed by atoms with Crippen LogP contribution in [0, 0.1) is 16.7 Å². The van der Waals surface area contributed by atoms with Crippen LogP contribution in [0.25, 0.3) is 10.9 Å². The van der Waals surface area contributed by atoms with Crippen molar-refractivity contribution in [3.8, 4) is 6.07 Å². The highest BCUT2D eigenvalue weighted by Crippen LogP contribution is 2.37. The molecule has 3 rings (SSSR count). The average Bonchev–Trinajstić information content (AvgIpc) is 2.48. The zero-order valence-corrected chi connectivity index (χ0v) is 12.7. The predicted octanol–water partition coefficient (Wildman–Crippen LogP) is 4.49. The van der Waals surface area contributed by atoms with E-state index in [1.54, 1.807) is 0 Å². The number of fused-ring (bicyclic) bond motifs is 1. The van der Waals surface area contributed by atoms with E-state index in [1.807, 2.05) is 30.3 Å². The molecule has 1 saturated carbocycles. The molecule has 1 aliphatic carbocycles. The van der Waals surface area contributed by atoms with E-state index in [1.165, 1.54) is 19.3 Å². The molecule has 3 heteroatoms. The second-order valence-corrected chi connectivity index (χ2v) is 6.62. The maximum Gasteiger partial charge on any atom is 0.144 e. The molecule has 1 aromatic carbocycles. The predicted molar refractivity (Wildman–Crippen MR) is 86.1 cm³/mol. The van der Waals surface area contributed by atoms with Gasteiger partial charge in [0.2, 0.25) is 0 Å². The lowest BCUT2D eigenvalue weighted by molar-refractivity contribution is 0.216. The lowest BCUT2D eigenvalue weighted by atomic mass is 9.73. The smallest absolute Gasteiger partial charge is 0.144 e. The molecule has 1 heterocycles. The van der Waals surface area contributed by atoms with Gasteiger partial charge in [0.05, 0.1) is 11.1 Å². The SMILES string of the molecule is CC1(C)CCCC[C@@H]1Nc1nc2ccccc2cc1C#N. The van der Waals surface area contributed by atoms with Gasteiger partial charge in [-0.25, -0.2) is 4.98 Å². The Labute approximate surface area is 126 Å². The minimum atomic E-state index is 0.248. The average molecular weight is 279 g/mol. The van der Waals surface area contributed by atoms with Gasteiger partial charge in [-0.1, -0.05) is 44.9 Å². The Kier molecular flexibility index (Phi) is 3.55. The maximum atomic E-state index is 9.41. The van der Waals surface area contributed by atoms with E-state index in [9.17, 15) is 5.26 Å². The van der Waals surface area contributed by atoms with Crippen LogP contribution in [-0.2, 0) is 0 Å².